The van der Waals surface area contributed by atoms with Crippen LogP contribution in [0.3, 0.4) is 0 Å². The summed E-state index contributed by atoms with van der Waals surface area (Å²) in [5.74, 6) is 0. The minimum Gasteiger partial charge on any atom is -0.450 e. The van der Waals surface area contributed by atoms with Gasteiger partial charge in [0.05, 0.1) is 6.61 Å². The zero-order valence-corrected chi connectivity index (χ0v) is 6.78. The summed E-state index contributed by atoms with van der Waals surface area (Å²) in [5.41, 5.74) is 4.70. The number of hydrogen-bond donors (Lipinski definition) is 2. The maximum Gasteiger partial charge on any atom is 0.404 e. The Labute approximate surface area is 65.7 Å². The number of rotatable bonds is 4. The molecule has 0 rings (SSSR count). The van der Waals surface area contributed by atoms with Crippen LogP contribution >= 0.6 is 0 Å². The van der Waals surface area contributed by atoms with E-state index >= 15 is 0 Å². The minimum atomic E-state index is -0.809. The fourth-order valence-electron chi connectivity index (χ4n) is 0.523. The monoisotopic (exact) mass is 162 g/mol. The summed E-state index contributed by atoms with van der Waals surface area (Å²) in [6.45, 7) is 0.147. The zero-order valence-electron chi connectivity index (χ0n) is 6.78. The number of nitrogens with two attached hydrogens (primary N) is 1. The van der Waals surface area contributed by atoms with E-state index in [1.54, 1.807) is 19.0 Å². The summed E-state index contributed by atoms with van der Waals surface area (Å²) in [4.78, 5) is 11.7. The van der Waals surface area contributed by atoms with Crippen molar-refractivity contribution in [3.05, 3.63) is 0 Å². The van der Waals surface area contributed by atoms with Crippen molar-refractivity contribution in [1.82, 2.24) is 4.90 Å². The van der Waals surface area contributed by atoms with Crippen molar-refractivity contribution in [2.24, 2.45) is 5.73 Å². The first-order chi connectivity index (χ1) is 5.04. The lowest BCUT2D eigenvalue weighted by molar-refractivity contribution is 0.0172. The van der Waals surface area contributed by atoms with Crippen molar-refractivity contribution in [2.75, 3.05) is 20.7 Å². The van der Waals surface area contributed by atoms with Crippen molar-refractivity contribution in [3.8, 4) is 0 Å². The van der Waals surface area contributed by atoms with E-state index in [0.717, 1.165) is 0 Å². The molecular formula is C6H14N2O3. The molecule has 0 aliphatic heterocycles. The molecule has 0 aromatic carbocycles. The summed E-state index contributed by atoms with van der Waals surface area (Å²) in [5, 5.41) is 9.13. The standard InChI is InChI=1S/C6H14N2O3/c1-8(2)5(9)3-4-11-6(7)10/h5,9H,3-4H2,1-2H3,(H2,7,10). The lowest BCUT2D eigenvalue weighted by Gasteiger charge is -2.17. The summed E-state index contributed by atoms with van der Waals surface area (Å²) in [7, 11) is 3.46. The minimum absolute atomic E-state index is 0.147. The normalized spacial score (nSPS) is 13.1. The SMILES string of the molecule is CN(C)C(O)CCOC(N)=O. The average molecular weight is 162 g/mol. The second kappa shape index (κ2) is 4.92. The fourth-order valence-corrected chi connectivity index (χ4v) is 0.523. The van der Waals surface area contributed by atoms with Crippen LogP contribution in [0.5, 0.6) is 0 Å². The molecule has 0 aliphatic rings. The van der Waals surface area contributed by atoms with Crippen LogP contribution in [-0.2, 0) is 4.74 Å². The number of carbonyl (C=O) groups is 1. The third kappa shape index (κ3) is 5.63. The van der Waals surface area contributed by atoms with Crippen molar-refractivity contribution in [1.29, 1.82) is 0 Å². The number of amides is 1. The van der Waals surface area contributed by atoms with Gasteiger partial charge in [-0.3, -0.25) is 4.90 Å². The van der Waals surface area contributed by atoms with Crippen LogP contribution in [0, 0.1) is 0 Å². The van der Waals surface area contributed by atoms with E-state index < -0.39 is 12.3 Å². The Kier molecular flexibility index (Phi) is 4.56. The molecule has 0 saturated carbocycles. The Balaban J connectivity index is 3.31. The molecule has 0 radical (unpaired) electrons. The second-order valence-electron chi connectivity index (χ2n) is 2.40. The highest BCUT2D eigenvalue weighted by Crippen LogP contribution is 1.94. The van der Waals surface area contributed by atoms with Gasteiger partial charge in [0.2, 0.25) is 0 Å². The largest absolute Gasteiger partial charge is 0.450 e. The van der Waals surface area contributed by atoms with Gasteiger partial charge in [0.25, 0.3) is 0 Å². The molecule has 0 saturated heterocycles. The van der Waals surface area contributed by atoms with E-state index in [0.29, 0.717) is 6.42 Å². The Bertz CT molecular complexity index is 127. The molecule has 66 valence electrons. The van der Waals surface area contributed by atoms with Gasteiger partial charge in [-0.05, 0) is 14.1 Å². The highest BCUT2D eigenvalue weighted by Gasteiger charge is 2.06. The maximum atomic E-state index is 10.1. The van der Waals surface area contributed by atoms with Gasteiger partial charge in [0.1, 0.15) is 6.23 Å². The van der Waals surface area contributed by atoms with Crippen LogP contribution in [0.2, 0.25) is 0 Å². The molecule has 1 amide bonds. The number of hydrogen-bond acceptors (Lipinski definition) is 4. The van der Waals surface area contributed by atoms with Crippen molar-refractivity contribution in [3.63, 3.8) is 0 Å². The number of aliphatic hydroxyl groups is 1. The smallest absolute Gasteiger partial charge is 0.404 e. The summed E-state index contributed by atoms with van der Waals surface area (Å²) >= 11 is 0. The molecule has 0 aliphatic carbocycles. The van der Waals surface area contributed by atoms with Gasteiger partial charge < -0.3 is 15.6 Å². The molecule has 0 aromatic rings. The quantitative estimate of drug-likeness (QED) is 0.539. The number of primary amides is 1. The first-order valence-corrected chi connectivity index (χ1v) is 3.30. The van der Waals surface area contributed by atoms with E-state index in [-0.39, 0.29) is 6.61 Å². The lowest BCUT2D eigenvalue weighted by atomic mass is 10.4. The van der Waals surface area contributed by atoms with E-state index in [2.05, 4.69) is 4.74 Å². The van der Waals surface area contributed by atoms with Gasteiger partial charge in [0.15, 0.2) is 0 Å². The van der Waals surface area contributed by atoms with E-state index in [9.17, 15) is 4.79 Å². The van der Waals surface area contributed by atoms with Gasteiger partial charge in [-0.15, -0.1) is 0 Å². The van der Waals surface area contributed by atoms with Gasteiger partial charge in [0, 0.05) is 6.42 Å². The number of ether oxygens (including phenoxy) is 1. The van der Waals surface area contributed by atoms with Crippen molar-refractivity contribution in [2.45, 2.75) is 12.6 Å². The van der Waals surface area contributed by atoms with Crippen LogP contribution in [0.4, 0.5) is 4.79 Å². The molecule has 0 spiro atoms. The van der Waals surface area contributed by atoms with Gasteiger partial charge >= 0.3 is 6.09 Å². The van der Waals surface area contributed by atoms with Gasteiger partial charge in [-0.2, -0.15) is 0 Å². The Hall–Kier alpha value is -0.810. The summed E-state index contributed by atoms with van der Waals surface area (Å²) in [6, 6.07) is 0. The third-order valence-corrected chi connectivity index (χ3v) is 1.22. The molecule has 5 nitrogen and oxygen atoms in total. The summed E-state index contributed by atoms with van der Waals surface area (Å²) in [6.07, 6.45) is -1.03. The summed E-state index contributed by atoms with van der Waals surface area (Å²) < 4.78 is 4.41. The molecule has 11 heavy (non-hydrogen) atoms. The van der Waals surface area contributed by atoms with E-state index in [4.69, 9.17) is 10.8 Å². The van der Waals surface area contributed by atoms with Gasteiger partial charge in [-0.25, -0.2) is 4.79 Å². The molecule has 3 N–H and O–H groups in total. The number of nitrogens with zero attached hydrogens (tertiary/aromatic N) is 1. The lowest BCUT2D eigenvalue weighted by Crippen LogP contribution is -2.29. The highest BCUT2D eigenvalue weighted by atomic mass is 16.5. The third-order valence-electron chi connectivity index (χ3n) is 1.22. The highest BCUT2D eigenvalue weighted by molar-refractivity contribution is 5.64. The van der Waals surface area contributed by atoms with Crippen LogP contribution in [0.1, 0.15) is 6.42 Å². The first kappa shape index (κ1) is 10.2. The molecule has 0 heterocycles. The van der Waals surface area contributed by atoms with E-state index in [1.807, 2.05) is 0 Å². The number of aliphatic hydroxyl groups excluding tert-OH is 1. The van der Waals surface area contributed by atoms with Crippen LogP contribution in [0.15, 0.2) is 0 Å². The molecule has 0 aromatic heterocycles. The Morgan fingerprint density at radius 1 is 1.73 bits per heavy atom. The van der Waals surface area contributed by atoms with Crippen molar-refractivity contribution < 1.29 is 14.6 Å². The van der Waals surface area contributed by atoms with Gasteiger partial charge in [-0.1, -0.05) is 0 Å². The molecule has 1 unspecified atom stereocenters. The molecular weight excluding hydrogens is 148 g/mol. The van der Waals surface area contributed by atoms with Crippen LogP contribution in [-0.4, -0.2) is 43.0 Å². The predicted octanol–water partition coefficient (Wildman–Crippen LogP) is -0.648. The predicted molar refractivity (Wildman–Crippen MR) is 39.8 cm³/mol. The topological polar surface area (TPSA) is 75.8 Å². The fraction of sp³-hybridized carbons (Fsp3) is 0.833. The zero-order chi connectivity index (χ0) is 8.85. The molecule has 1 atom stereocenters. The molecule has 5 heteroatoms. The second-order valence-corrected chi connectivity index (χ2v) is 2.40. The Morgan fingerprint density at radius 3 is 2.64 bits per heavy atom. The van der Waals surface area contributed by atoms with Crippen LogP contribution in [0.25, 0.3) is 0 Å². The maximum absolute atomic E-state index is 10.1. The van der Waals surface area contributed by atoms with E-state index in [1.165, 1.54) is 0 Å². The molecule has 0 fully saturated rings. The average Bonchev–Trinajstić information content (AvgIpc) is 1.86. The molecule has 0 bridgehead atoms. The van der Waals surface area contributed by atoms with Crippen LogP contribution < -0.4 is 5.73 Å². The Morgan fingerprint density at radius 2 is 2.27 bits per heavy atom. The van der Waals surface area contributed by atoms with Crippen molar-refractivity contribution >= 4 is 6.09 Å². The first-order valence-electron chi connectivity index (χ1n) is 3.30. The number of carbonyl (C=O) groups excluding carboxylic acids is 1.